The van der Waals surface area contributed by atoms with Crippen molar-refractivity contribution in [2.45, 2.75) is 32.7 Å². The van der Waals surface area contributed by atoms with Gasteiger partial charge in [0.05, 0.1) is 30.4 Å². The fourth-order valence-corrected chi connectivity index (χ4v) is 2.70. The minimum Gasteiger partial charge on any atom is -0.346 e. The summed E-state index contributed by atoms with van der Waals surface area (Å²) in [5.41, 5.74) is 2.62. The first-order valence-corrected chi connectivity index (χ1v) is 7.38. The van der Waals surface area contributed by atoms with E-state index in [0.29, 0.717) is 12.3 Å². The Kier molecular flexibility index (Phi) is 3.88. The predicted molar refractivity (Wildman–Crippen MR) is 83.8 cm³/mol. The fourth-order valence-electron chi connectivity index (χ4n) is 2.70. The lowest BCUT2D eigenvalue weighted by Gasteiger charge is -2.16. The van der Waals surface area contributed by atoms with E-state index in [4.69, 9.17) is 5.26 Å². The minimum absolute atomic E-state index is 0.0994. The van der Waals surface area contributed by atoms with Crippen LogP contribution in [0.15, 0.2) is 31.0 Å². The summed E-state index contributed by atoms with van der Waals surface area (Å²) < 4.78 is 1.89. The normalized spacial score (nSPS) is 12.6. The molecule has 6 heteroatoms. The van der Waals surface area contributed by atoms with E-state index >= 15 is 0 Å². The lowest BCUT2D eigenvalue weighted by molar-refractivity contribution is 0.377. The van der Waals surface area contributed by atoms with Crippen molar-refractivity contribution >= 4 is 11.0 Å². The molecule has 0 aromatic carbocycles. The van der Waals surface area contributed by atoms with Gasteiger partial charge in [-0.25, -0.2) is 9.97 Å². The van der Waals surface area contributed by atoms with E-state index in [1.54, 1.807) is 12.5 Å². The van der Waals surface area contributed by atoms with E-state index in [9.17, 15) is 0 Å². The van der Waals surface area contributed by atoms with Crippen LogP contribution >= 0.6 is 0 Å². The third-order valence-corrected chi connectivity index (χ3v) is 3.67. The Morgan fingerprint density at radius 1 is 1.36 bits per heavy atom. The van der Waals surface area contributed by atoms with Gasteiger partial charge < -0.3 is 4.98 Å². The minimum atomic E-state index is 0.0994. The van der Waals surface area contributed by atoms with E-state index in [-0.39, 0.29) is 6.04 Å². The average Bonchev–Trinajstić information content (AvgIpc) is 3.15. The van der Waals surface area contributed by atoms with E-state index in [1.807, 2.05) is 23.1 Å². The molecule has 1 unspecified atom stereocenters. The molecule has 0 aliphatic heterocycles. The molecule has 22 heavy (non-hydrogen) atoms. The van der Waals surface area contributed by atoms with Crippen molar-refractivity contribution in [3.8, 4) is 17.3 Å². The molecule has 3 aromatic heterocycles. The number of hydrogen-bond acceptors (Lipinski definition) is 4. The highest BCUT2D eigenvalue weighted by atomic mass is 15.3. The highest BCUT2D eigenvalue weighted by Crippen LogP contribution is 2.27. The molecule has 0 aliphatic carbocycles. The van der Waals surface area contributed by atoms with Crippen molar-refractivity contribution in [3.05, 3.63) is 31.0 Å². The Bertz CT molecular complexity index is 807. The zero-order chi connectivity index (χ0) is 15.5. The van der Waals surface area contributed by atoms with E-state index in [1.165, 1.54) is 0 Å². The van der Waals surface area contributed by atoms with E-state index in [0.717, 1.165) is 28.7 Å². The van der Waals surface area contributed by atoms with Gasteiger partial charge in [0.2, 0.25) is 0 Å². The van der Waals surface area contributed by atoms with Crippen LogP contribution < -0.4 is 0 Å². The van der Waals surface area contributed by atoms with Gasteiger partial charge in [-0.15, -0.1) is 0 Å². The second kappa shape index (κ2) is 5.98. The summed E-state index contributed by atoms with van der Waals surface area (Å²) in [5, 5.41) is 14.5. The molecule has 0 fully saturated rings. The SMILES string of the molecule is CC(C)CC(CC#N)n1cc(-c2ncnc3[nH]ccc23)cn1. The van der Waals surface area contributed by atoms with Crippen LogP contribution in [0.4, 0.5) is 0 Å². The molecule has 1 N–H and O–H groups in total. The van der Waals surface area contributed by atoms with E-state index in [2.05, 4.69) is 40.0 Å². The van der Waals surface area contributed by atoms with Crippen LogP contribution in [0.25, 0.3) is 22.3 Å². The number of aromatic nitrogens is 5. The fraction of sp³-hybridized carbons (Fsp3) is 0.375. The number of H-pyrrole nitrogens is 1. The summed E-state index contributed by atoms with van der Waals surface area (Å²) in [4.78, 5) is 11.7. The summed E-state index contributed by atoms with van der Waals surface area (Å²) in [6, 6.07) is 4.32. The Morgan fingerprint density at radius 3 is 3.00 bits per heavy atom. The van der Waals surface area contributed by atoms with Crippen LogP contribution in [0.5, 0.6) is 0 Å². The molecule has 0 saturated carbocycles. The van der Waals surface area contributed by atoms with Crippen LogP contribution in [-0.4, -0.2) is 24.7 Å². The van der Waals surface area contributed by atoms with Gasteiger partial charge in [-0.2, -0.15) is 10.4 Å². The molecule has 0 saturated heterocycles. The smallest absolute Gasteiger partial charge is 0.141 e. The van der Waals surface area contributed by atoms with Crippen molar-refractivity contribution in [2.24, 2.45) is 5.92 Å². The van der Waals surface area contributed by atoms with Crippen molar-refractivity contribution in [1.29, 1.82) is 5.26 Å². The topological polar surface area (TPSA) is 83.2 Å². The van der Waals surface area contributed by atoms with Gasteiger partial charge in [-0.05, 0) is 18.4 Å². The summed E-state index contributed by atoms with van der Waals surface area (Å²) in [5.74, 6) is 0.515. The van der Waals surface area contributed by atoms with Crippen LogP contribution in [0.2, 0.25) is 0 Å². The van der Waals surface area contributed by atoms with Crippen LogP contribution in [0.1, 0.15) is 32.7 Å². The van der Waals surface area contributed by atoms with E-state index < -0.39 is 0 Å². The summed E-state index contributed by atoms with van der Waals surface area (Å²) in [6.45, 7) is 4.31. The number of aromatic amines is 1. The Labute approximate surface area is 128 Å². The molecule has 0 bridgehead atoms. The number of rotatable bonds is 5. The van der Waals surface area contributed by atoms with Crippen molar-refractivity contribution in [1.82, 2.24) is 24.7 Å². The lowest BCUT2D eigenvalue weighted by Crippen LogP contribution is -2.11. The van der Waals surface area contributed by atoms with Crippen LogP contribution in [-0.2, 0) is 0 Å². The first-order valence-electron chi connectivity index (χ1n) is 7.38. The third-order valence-electron chi connectivity index (χ3n) is 3.67. The van der Waals surface area contributed by atoms with Gasteiger partial charge in [-0.3, -0.25) is 4.68 Å². The molecule has 1 atom stereocenters. The first kappa shape index (κ1) is 14.3. The number of fused-ring (bicyclic) bond motifs is 1. The van der Waals surface area contributed by atoms with Crippen LogP contribution in [0.3, 0.4) is 0 Å². The maximum atomic E-state index is 9.03. The van der Waals surface area contributed by atoms with Gasteiger partial charge in [-0.1, -0.05) is 13.8 Å². The number of nitriles is 1. The number of nitrogens with one attached hydrogen (secondary N) is 1. The zero-order valence-corrected chi connectivity index (χ0v) is 12.7. The first-order chi connectivity index (χ1) is 10.7. The molecule has 112 valence electrons. The third kappa shape index (κ3) is 2.70. The number of hydrogen-bond donors (Lipinski definition) is 1. The molecule has 6 nitrogen and oxygen atoms in total. The second-order valence-corrected chi connectivity index (χ2v) is 5.82. The molecular weight excluding hydrogens is 276 g/mol. The van der Waals surface area contributed by atoms with Crippen molar-refractivity contribution in [3.63, 3.8) is 0 Å². The zero-order valence-electron chi connectivity index (χ0n) is 12.7. The molecule has 0 radical (unpaired) electrons. The average molecular weight is 294 g/mol. The maximum absolute atomic E-state index is 9.03. The Hall–Kier alpha value is -2.68. The molecule has 0 aliphatic rings. The highest BCUT2D eigenvalue weighted by molar-refractivity contribution is 5.89. The summed E-state index contributed by atoms with van der Waals surface area (Å²) in [6.07, 6.45) is 8.57. The monoisotopic (exact) mass is 294 g/mol. The highest BCUT2D eigenvalue weighted by Gasteiger charge is 2.16. The summed E-state index contributed by atoms with van der Waals surface area (Å²) >= 11 is 0. The van der Waals surface area contributed by atoms with Crippen molar-refractivity contribution in [2.75, 3.05) is 0 Å². The van der Waals surface area contributed by atoms with Gasteiger partial charge in [0.25, 0.3) is 0 Å². The van der Waals surface area contributed by atoms with Gasteiger partial charge in [0.1, 0.15) is 12.0 Å². The lowest BCUT2D eigenvalue weighted by atomic mass is 10.0. The number of nitrogens with zero attached hydrogens (tertiary/aromatic N) is 5. The summed E-state index contributed by atoms with van der Waals surface area (Å²) in [7, 11) is 0. The molecule has 3 rings (SSSR count). The molecule has 0 spiro atoms. The maximum Gasteiger partial charge on any atom is 0.141 e. The molecular formula is C16H18N6. The van der Waals surface area contributed by atoms with Gasteiger partial charge >= 0.3 is 0 Å². The quantitative estimate of drug-likeness (QED) is 0.782. The van der Waals surface area contributed by atoms with Crippen molar-refractivity contribution < 1.29 is 0 Å². The van der Waals surface area contributed by atoms with Gasteiger partial charge in [0, 0.05) is 23.3 Å². The van der Waals surface area contributed by atoms with Gasteiger partial charge in [0.15, 0.2) is 0 Å². The predicted octanol–water partition coefficient (Wildman–Crippen LogP) is 3.32. The standard InChI is InChI=1S/C16H18N6/c1-11(2)7-13(3-5-17)22-9-12(8-21-22)15-14-4-6-18-16(14)20-10-19-15/h4,6,8-11,13H,3,7H2,1-2H3,(H,18,19,20). The Balaban J connectivity index is 1.96. The molecule has 0 amide bonds. The molecule has 3 heterocycles. The Morgan fingerprint density at radius 2 is 2.23 bits per heavy atom. The largest absolute Gasteiger partial charge is 0.346 e. The second-order valence-electron chi connectivity index (χ2n) is 5.82. The van der Waals surface area contributed by atoms with Crippen LogP contribution in [0, 0.1) is 17.2 Å². The molecule has 3 aromatic rings.